The summed E-state index contributed by atoms with van der Waals surface area (Å²) in [6.45, 7) is 0. The van der Waals surface area contributed by atoms with Gasteiger partial charge in [0.1, 0.15) is 5.82 Å². The summed E-state index contributed by atoms with van der Waals surface area (Å²) in [6, 6.07) is 12.1. The van der Waals surface area contributed by atoms with Crippen LogP contribution in [0.4, 0.5) is 11.5 Å². The molecule has 1 aromatic carbocycles. The molecule has 0 saturated heterocycles. The molecule has 0 amide bonds. The van der Waals surface area contributed by atoms with Crippen LogP contribution in [0.1, 0.15) is 0 Å². The van der Waals surface area contributed by atoms with Gasteiger partial charge in [-0.2, -0.15) is 11.3 Å². The number of anilines is 2. The summed E-state index contributed by atoms with van der Waals surface area (Å²) in [5, 5.41) is 8.72. The molecule has 0 radical (unpaired) electrons. The van der Waals surface area contributed by atoms with E-state index in [4.69, 9.17) is 9.47 Å². The molecular weight excluding hydrogens is 346 g/mol. The summed E-state index contributed by atoms with van der Waals surface area (Å²) in [7, 11) is 5.34. The van der Waals surface area contributed by atoms with Crippen LogP contribution in [-0.2, 0) is 7.05 Å². The van der Waals surface area contributed by atoms with Gasteiger partial charge < -0.3 is 19.4 Å². The molecule has 3 aromatic heterocycles. The van der Waals surface area contributed by atoms with E-state index in [0.717, 1.165) is 22.4 Å². The second kappa shape index (κ2) is 6.72. The third-order valence-corrected chi connectivity index (χ3v) is 5.12. The van der Waals surface area contributed by atoms with E-state index in [1.54, 1.807) is 25.6 Å². The van der Waals surface area contributed by atoms with Crippen molar-refractivity contribution >= 4 is 33.7 Å². The van der Waals surface area contributed by atoms with Gasteiger partial charge >= 0.3 is 0 Å². The highest BCUT2D eigenvalue weighted by Crippen LogP contribution is 2.35. The molecule has 0 atom stereocenters. The zero-order chi connectivity index (χ0) is 18.1. The zero-order valence-corrected chi connectivity index (χ0v) is 15.6. The minimum Gasteiger partial charge on any atom is -0.493 e. The molecule has 3 heterocycles. The van der Waals surface area contributed by atoms with Gasteiger partial charge in [-0.25, -0.2) is 4.98 Å². The van der Waals surface area contributed by atoms with Crippen molar-refractivity contribution in [3.8, 4) is 22.8 Å². The predicted molar refractivity (Wildman–Crippen MR) is 107 cm³/mol. The van der Waals surface area contributed by atoms with E-state index >= 15 is 0 Å². The number of hydrogen-bond donors (Lipinski definition) is 1. The first kappa shape index (κ1) is 16.5. The lowest BCUT2D eigenvalue weighted by atomic mass is 10.2. The van der Waals surface area contributed by atoms with Gasteiger partial charge in [0.2, 0.25) is 0 Å². The van der Waals surface area contributed by atoms with Crippen molar-refractivity contribution in [3.05, 3.63) is 53.4 Å². The number of pyridine rings is 1. The van der Waals surface area contributed by atoms with Gasteiger partial charge in [0.15, 0.2) is 11.5 Å². The summed E-state index contributed by atoms with van der Waals surface area (Å²) in [5.74, 6) is 2.19. The maximum Gasteiger partial charge on any atom is 0.162 e. The molecule has 0 fully saturated rings. The molecule has 4 aromatic rings. The molecule has 26 heavy (non-hydrogen) atoms. The van der Waals surface area contributed by atoms with Gasteiger partial charge in [0, 0.05) is 47.0 Å². The molecule has 0 unspecified atom stereocenters. The Morgan fingerprint density at radius 1 is 1.04 bits per heavy atom. The molecule has 4 rings (SSSR count). The van der Waals surface area contributed by atoms with Crippen molar-refractivity contribution in [3.63, 3.8) is 0 Å². The summed E-state index contributed by atoms with van der Waals surface area (Å²) >= 11 is 1.70. The van der Waals surface area contributed by atoms with E-state index < -0.39 is 0 Å². The smallest absolute Gasteiger partial charge is 0.162 e. The van der Waals surface area contributed by atoms with E-state index in [1.807, 2.05) is 30.5 Å². The first-order valence-electron chi connectivity index (χ1n) is 8.17. The summed E-state index contributed by atoms with van der Waals surface area (Å²) in [4.78, 5) is 4.54. The second-order valence-electron chi connectivity index (χ2n) is 5.89. The van der Waals surface area contributed by atoms with Gasteiger partial charge in [-0.1, -0.05) is 0 Å². The Kier molecular flexibility index (Phi) is 4.26. The van der Waals surface area contributed by atoms with Gasteiger partial charge in [-0.05, 0) is 35.7 Å². The van der Waals surface area contributed by atoms with Crippen LogP contribution in [0.25, 0.3) is 22.2 Å². The quantitative estimate of drug-likeness (QED) is 0.537. The molecule has 0 saturated carbocycles. The molecule has 0 spiro atoms. The minimum atomic E-state index is 0.677. The number of fused-ring (bicyclic) bond motifs is 1. The third-order valence-electron chi connectivity index (χ3n) is 4.43. The maximum atomic E-state index is 5.39. The fraction of sp³-hybridized carbons (Fsp3) is 0.150. The van der Waals surface area contributed by atoms with E-state index in [9.17, 15) is 0 Å². The fourth-order valence-electron chi connectivity index (χ4n) is 3.10. The molecule has 132 valence electrons. The van der Waals surface area contributed by atoms with Gasteiger partial charge in [-0.3, -0.25) is 0 Å². The van der Waals surface area contributed by atoms with Gasteiger partial charge in [-0.15, -0.1) is 0 Å². The van der Waals surface area contributed by atoms with Gasteiger partial charge in [0.05, 0.1) is 19.7 Å². The third kappa shape index (κ3) is 2.78. The van der Waals surface area contributed by atoms with Crippen LogP contribution in [0.3, 0.4) is 0 Å². The molecule has 0 aliphatic heterocycles. The first-order chi connectivity index (χ1) is 12.7. The maximum absolute atomic E-state index is 5.39. The SMILES string of the molecule is COc1ccc(Nc2nccc3c2cc(-c2ccsc2)n3C)cc1OC. The lowest BCUT2D eigenvalue weighted by Crippen LogP contribution is -1.97. The minimum absolute atomic E-state index is 0.677. The van der Waals surface area contributed by atoms with Crippen molar-refractivity contribution in [2.75, 3.05) is 19.5 Å². The number of aromatic nitrogens is 2. The zero-order valence-electron chi connectivity index (χ0n) is 14.8. The van der Waals surface area contributed by atoms with Crippen molar-refractivity contribution in [2.24, 2.45) is 7.05 Å². The normalized spacial score (nSPS) is 10.9. The van der Waals surface area contributed by atoms with Crippen molar-refractivity contribution in [2.45, 2.75) is 0 Å². The average molecular weight is 365 g/mol. The number of thiophene rings is 1. The van der Waals surface area contributed by atoms with Crippen LogP contribution in [0.2, 0.25) is 0 Å². The molecule has 0 aliphatic rings. The second-order valence-corrected chi connectivity index (χ2v) is 6.67. The highest BCUT2D eigenvalue weighted by molar-refractivity contribution is 7.08. The van der Waals surface area contributed by atoms with E-state index in [2.05, 4.69) is 44.8 Å². The lowest BCUT2D eigenvalue weighted by molar-refractivity contribution is 0.355. The summed E-state index contributed by atoms with van der Waals surface area (Å²) in [5.41, 5.74) is 4.41. The molecule has 6 heteroatoms. The van der Waals surface area contributed by atoms with E-state index in [0.29, 0.717) is 11.5 Å². The number of rotatable bonds is 5. The number of aryl methyl sites for hydroxylation is 1. The van der Waals surface area contributed by atoms with Crippen molar-refractivity contribution in [1.82, 2.24) is 9.55 Å². The first-order valence-corrected chi connectivity index (χ1v) is 9.11. The molecule has 5 nitrogen and oxygen atoms in total. The number of nitrogens with zero attached hydrogens (tertiary/aromatic N) is 2. The van der Waals surface area contributed by atoms with Crippen LogP contribution in [0.15, 0.2) is 53.4 Å². The number of methoxy groups -OCH3 is 2. The van der Waals surface area contributed by atoms with Crippen molar-refractivity contribution < 1.29 is 9.47 Å². The van der Waals surface area contributed by atoms with E-state index in [1.165, 1.54) is 11.3 Å². The van der Waals surface area contributed by atoms with Crippen molar-refractivity contribution in [1.29, 1.82) is 0 Å². The van der Waals surface area contributed by atoms with Crippen LogP contribution < -0.4 is 14.8 Å². The highest BCUT2D eigenvalue weighted by atomic mass is 32.1. The summed E-state index contributed by atoms with van der Waals surface area (Å²) in [6.07, 6.45) is 1.82. The Bertz CT molecular complexity index is 1050. The summed E-state index contributed by atoms with van der Waals surface area (Å²) < 4.78 is 12.9. The predicted octanol–water partition coefficient (Wildman–Crippen LogP) is 5.06. The topological polar surface area (TPSA) is 48.3 Å². The Balaban J connectivity index is 1.77. The molecule has 1 N–H and O–H groups in total. The van der Waals surface area contributed by atoms with Crippen LogP contribution in [0.5, 0.6) is 11.5 Å². The number of ether oxygens (including phenoxy) is 2. The molecular formula is C20H19N3O2S. The van der Waals surface area contributed by atoms with Crippen LogP contribution in [-0.4, -0.2) is 23.8 Å². The molecule has 0 bridgehead atoms. The Labute approximate surface area is 155 Å². The average Bonchev–Trinajstić information content (AvgIpc) is 3.30. The molecule has 0 aliphatic carbocycles. The van der Waals surface area contributed by atoms with E-state index in [-0.39, 0.29) is 0 Å². The number of nitrogens with one attached hydrogen (secondary N) is 1. The fourth-order valence-corrected chi connectivity index (χ4v) is 3.75. The standard InChI is InChI=1S/C20H19N3O2S/c1-23-16-6-8-21-20(15(16)11-17(23)13-7-9-26-12-13)22-14-4-5-18(24-2)19(10-14)25-3/h4-12H,1-3H3,(H,21,22). The Morgan fingerprint density at radius 3 is 2.62 bits per heavy atom. The van der Waals surface area contributed by atoms with Crippen LogP contribution in [0, 0.1) is 0 Å². The Morgan fingerprint density at radius 2 is 1.88 bits per heavy atom. The lowest BCUT2D eigenvalue weighted by Gasteiger charge is -2.11. The van der Waals surface area contributed by atoms with Crippen LogP contribution >= 0.6 is 11.3 Å². The highest BCUT2D eigenvalue weighted by Gasteiger charge is 2.13. The Hall–Kier alpha value is -2.99. The largest absolute Gasteiger partial charge is 0.493 e. The monoisotopic (exact) mass is 365 g/mol. The number of hydrogen-bond acceptors (Lipinski definition) is 5. The van der Waals surface area contributed by atoms with Gasteiger partial charge in [0.25, 0.3) is 0 Å². The number of benzene rings is 1.